The summed E-state index contributed by atoms with van der Waals surface area (Å²) < 4.78 is 10.6. The van der Waals surface area contributed by atoms with Crippen molar-refractivity contribution in [1.82, 2.24) is 10.0 Å². The van der Waals surface area contributed by atoms with E-state index in [4.69, 9.17) is 9.47 Å². The summed E-state index contributed by atoms with van der Waals surface area (Å²) in [6.07, 6.45) is 2.12. The third-order valence-corrected chi connectivity index (χ3v) is 5.77. The van der Waals surface area contributed by atoms with E-state index in [9.17, 15) is 19.7 Å². The van der Waals surface area contributed by atoms with Gasteiger partial charge in [-0.3, -0.25) is 24.7 Å². The van der Waals surface area contributed by atoms with E-state index >= 15 is 0 Å². The summed E-state index contributed by atoms with van der Waals surface area (Å²) in [5.74, 6) is 0.232. The molecule has 0 unspecified atom stereocenters. The normalized spacial score (nSPS) is 16.7. The molecule has 0 spiro atoms. The molecule has 9 nitrogen and oxygen atoms in total. The second-order valence-electron chi connectivity index (χ2n) is 7.62. The molecule has 0 atom stereocenters. The van der Waals surface area contributed by atoms with Crippen molar-refractivity contribution < 1.29 is 24.0 Å². The van der Waals surface area contributed by atoms with Crippen molar-refractivity contribution in [3.63, 3.8) is 0 Å². The average molecular weight is 425 g/mol. The molecule has 0 N–H and O–H groups in total. The van der Waals surface area contributed by atoms with Gasteiger partial charge in [-0.25, -0.2) is 5.01 Å². The molecule has 1 saturated carbocycles. The molecule has 2 aromatic carbocycles. The highest BCUT2D eigenvalue weighted by Gasteiger charge is 2.55. The quantitative estimate of drug-likeness (QED) is 0.499. The summed E-state index contributed by atoms with van der Waals surface area (Å²) in [6, 6.07) is 13.3. The van der Waals surface area contributed by atoms with Gasteiger partial charge in [0.1, 0.15) is 5.75 Å². The van der Waals surface area contributed by atoms with Crippen LogP contribution >= 0.6 is 0 Å². The largest absolute Gasteiger partial charge is 0.497 e. The monoisotopic (exact) mass is 425 g/mol. The molecule has 9 heteroatoms. The summed E-state index contributed by atoms with van der Waals surface area (Å²) >= 11 is 0. The zero-order valence-electron chi connectivity index (χ0n) is 17.2. The number of amides is 2. The lowest BCUT2D eigenvalue weighted by molar-refractivity contribution is -0.385. The van der Waals surface area contributed by atoms with E-state index < -0.39 is 16.2 Å². The highest BCUT2D eigenvalue weighted by atomic mass is 16.6. The van der Waals surface area contributed by atoms with Gasteiger partial charge < -0.3 is 9.47 Å². The number of nitro groups is 1. The number of hydrogen-bond acceptors (Lipinski definition) is 6. The zero-order chi connectivity index (χ0) is 22.0. The number of nitro benzene ring substituents is 1. The Kier molecular flexibility index (Phi) is 5.50. The fraction of sp³-hybridized carbons (Fsp3) is 0.364. The van der Waals surface area contributed by atoms with Crippen LogP contribution in [0.15, 0.2) is 48.5 Å². The van der Waals surface area contributed by atoms with Crippen molar-refractivity contribution >= 4 is 17.5 Å². The molecule has 1 aliphatic heterocycles. The molecule has 0 aromatic heterocycles. The van der Waals surface area contributed by atoms with Gasteiger partial charge in [-0.05, 0) is 43.0 Å². The van der Waals surface area contributed by atoms with Crippen LogP contribution in [0.5, 0.6) is 11.5 Å². The summed E-state index contributed by atoms with van der Waals surface area (Å²) in [7, 11) is 1.59. The first-order chi connectivity index (χ1) is 15.0. The third-order valence-electron chi connectivity index (χ3n) is 5.77. The SMILES string of the molecule is COc1ccc(C2(C(=O)N3CCCN3C(=O)COc3ccccc3[N+](=O)[O-])CC2)cc1. The number of para-hydroxylation sites is 2. The molecule has 2 aliphatic rings. The maximum Gasteiger partial charge on any atom is 0.310 e. The summed E-state index contributed by atoms with van der Waals surface area (Å²) in [5.41, 5.74) is 0.0867. The number of benzene rings is 2. The predicted molar refractivity (Wildman–Crippen MR) is 111 cm³/mol. The van der Waals surface area contributed by atoms with Gasteiger partial charge in [0.25, 0.3) is 11.8 Å². The van der Waals surface area contributed by atoms with Crippen LogP contribution in [-0.4, -0.2) is 53.6 Å². The van der Waals surface area contributed by atoms with Crippen molar-refractivity contribution in [2.24, 2.45) is 0 Å². The van der Waals surface area contributed by atoms with Crippen LogP contribution < -0.4 is 9.47 Å². The van der Waals surface area contributed by atoms with Crippen LogP contribution in [0.3, 0.4) is 0 Å². The molecule has 31 heavy (non-hydrogen) atoms. The van der Waals surface area contributed by atoms with Gasteiger partial charge in [0.15, 0.2) is 12.4 Å². The Morgan fingerprint density at radius 3 is 2.39 bits per heavy atom. The number of nitrogens with zero attached hydrogens (tertiary/aromatic N) is 3. The fourth-order valence-electron chi connectivity index (χ4n) is 3.93. The van der Waals surface area contributed by atoms with E-state index in [1.165, 1.54) is 28.2 Å². The van der Waals surface area contributed by atoms with Crippen molar-refractivity contribution in [2.45, 2.75) is 24.7 Å². The minimum absolute atomic E-state index is 0.0230. The number of hydrogen-bond donors (Lipinski definition) is 0. The third kappa shape index (κ3) is 3.90. The van der Waals surface area contributed by atoms with Crippen molar-refractivity contribution in [3.8, 4) is 11.5 Å². The lowest BCUT2D eigenvalue weighted by atomic mass is 9.94. The van der Waals surface area contributed by atoms with E-state index in [-0.39, 0.29) is 24.0 Å². The van der Waals surface area contributed by atoms with Crippen LogP contribution in [-0.2, 0) is 15.0 Å². The van der Waals surface area contributed by atoms with Crippen LogP contribution in [0, 0.1) is 10.1 Å². The van der Waals surface area contributed by atoms with Gasteiger partial charge in [0.05, 0.1) is 17.4 Å². The van der Waals surface area contributed by atoms with Gasteiger partial charge in [0.2, 0.25) is 0 Å². The number of carbonyl (C=O) groups excluding carboxylic acids is 2. The predicted octanol–water partition coefficient (Wildman–Crippen LogP) is 2.69. The number of rotatable bonds is 7. The lowest BCUT2D eigenvalue weighted by Crippen LogP contribution is -2.50. The van der Waals surface area contributed by atoms with Gasteiger partial charge in [-0.15, -0.1) is 0 Å². The zero-order valence-corrected chi connectivity index (χ0v) is 17.2. The van der Waals surface area contributed by atoms with Gasteiger partial charge in [0, 0.05) is 19.2 Å². The molecule has 2 aromatic rings. The highest BCUT2D eigenvalue weighted by Crippen LogP contribution is 2.50. The molecular formula is C22H23N3O6. The summed E-state index contributed by atoms with van der Waals surface area (Å²) in [4.78, 5) is 36.8. The Labute approximate surface area is 179 Å². The molecule has 1 saturated heterocycles. The Morgan fingerprint density at radius 2 is 1.74 bits per heavy atom. The molecular weight excluding hydrogens is 402 g/mol. The highest BCUT2D eigenvalue weighted by molar-refractivity contribution is 5.93. The average Bonchev–Trinajstić information content (AvgIpc) is 3.46. The Bertz CT molecular complexity index is 1000. The van der Waals surface area contributed by atoms with Gasteiger partial charge in [-0.1, -0.05) is 24.3 Å². The van der Waals surface area contributed by atoms with E-state index in [2.05, 4.69) is 0 Å². The Balaban J connectivity index is 1.45. The first kappa shape index (κ1) is 20.6. The number of carbonyl (C=O) groups is 2. The molecule has 0 bridgehead atoms. The van der Waals surface area contributed by atoms with Crippen molar-refractivity contribution in [3.05, 3.63) is 64.2 Å². The molecule has 2 fully saturated rings. The van der Waals surface area contributed by atoms with Crippen LogP contribution in [0.1, 0.15) is 24.8 Å². The molecule has 1 heterocycles. The molecule has 1 aliphatic carbocycles. The minimum atomic E-state index is -0.617. The van der Waals surface area contributed by atoms with E-state index in [0.717, 1.165) is 24.2 Å². The van der Waals surface area contributed by atoms with Gasteiger partial charge >= 0.3 is 5.69 Å². The van der Waals surface area contributed by atoms with Crippen molar-refractivity contribution in [1.29, 1.82) is 0 Å². The first-order valence-electron chi connectivity index (χ1n) is 10.1. The van der Waals surface area contributed by atoms with Crippen molar-refractivity contribution in [2.75, 3.05) is 26.8 Å². The van der Waals surface area contributed by atoms with Crippen LogP contribution in [0.2, 0.25) is 0 Å². The lowest BCUT2D eigenvalue weighted by Gasteiger charge is -2.31. The Hall–Kier alpha value is -3.62. The van der Waals surface area contributed by atoms with Gasteiger partial charge in [-0.2, -0.15) is 0 Å². The molecule has 0 radical (unpaired) electrons. The summed E-state index contributed by atoms with van der Waals surface area (Å²) in [6.45, 7) is 0.474. The number of methoxy groups -OCH3 is 1. The van der Waals surface area contributed by atoms with E-state index in [0.29, 0.717) is 19.5 Å². The maximum absolute atomic E-state index is 13.4. The second kappa shape index (κ2) is 8.25. The van der Waals surface area contributed by atoms with E-state index in [1.54, 1.807) is 13.2 Å². The number of hydrazine groups is 1. The summed E-state index contributed by atoms with van der Waals surface area (Å²) in [5, 5.41) is 14.0. The molecule has 162 valence electrons. The minimum Gasteiger partial charge on any atom is -0.497 e. The second-order valence-corrected chi connectivity index (χ2v) is 7.62. The van der Waals surface area contributed by atoms with Crippen LogP contribution in [0.4, 0.5) is 5.69 Å². The van der Waals surface area contributed by atoms with Crippen LogP contribution in [0.25, 0.3) is 0 Å². The number of ether oxygens (including phenoxy) is 2. The maximum atomic E-state index is 13.4. The topological polar surface area (TPSA) is 102 Å². The molecule has 4 rings (SSSR count). The molecule has 2 amide bonds. The first-order valence-corrected chi connectivity index (χ1v) is 10.1. The standard InChI is InChI=1S/C22H23N3O6/c1-30-17-9-7-16(8-10-17)22(11-12-22)21(27)24-14-4-13-23(24)20(26)15-31-19-6-3-2-5-18(19)25(28)29/h2-3,5-10H,4,11-15H2,1H3. The van der Waals surface area contributed by atoms with E-state index in [1.807, 2.05) is 24.3 Å². The smallest absolute Gasteiger partial charge is 0.310 e. The fourth-order valence-corrected chi connectivity index (χ4v) is 3.93. The Morgan fingerprint density at radius 1 is 1.06 bits per heavy atom.